The molecule has 0 aliphatic carbocycles. The third kappa shape index (κ3) is 5.08. The highest BCUT2D eigenvalue weighted by molar-refractivity contribution is 5.93. The summed E-state index contributed by atoms with van der Waals surface area (Å²) in [6, 6.07) is 6.11. The minimum Gasteiger partial charge on any atom is -0.354 e. The van der Waals surface area contributed by atoms with Crippen molar-refractivity contribution in [2.75, 3.05) is 18.0 Å². The van der Waals surface area contributed by atoms with Crippen molar-refractivity contribution >= 4 is 17.5 Å². The molecule has 0 aliphatic rings. The van der Waals surface area contributed by atoms with Gasteiger partial charge >= 0.3 is 0 Å². The predicted octanol–water partition coefficient (Wildman–Crippen LogP) is 3.63. The molecule has 0 bridgehead atoms. The van der Waals surface area contributed by atoms with Crippen LogP contribution in [0, 0.1) is 12.3 Å². The maximum Gasteiger partial charge on any atom is 0.225 e. The molecule has 128 valence electrons. The average molecular weight is 318 g/mol. The topological polar surface area (TPSA) is 49.4 Å². The van der Waals surface area contributed by atoms with Gasteiger partial charge in [0.25, 0.3) is 0 Å². The number of amides is 2. The van der Waals surface area contributed by atoms with E-state index in [1.165, 1.54) is 0 Å². The van der Waals surface area contributed by atoms with Crippen LogP contribution >= 0.6 is 0 Å². The molecule has 0 aliphatic heterocycles. The summed E-state index contributed by atoms with van der Waals surface area (Å²) in [7, 11) is 0. The van der Waals surface area contributed by atoms with Crippen LogP contribution in [0.4, 0.5) is 5.69 Å². The zero-order valence-electron chi connectivity index (χ0n) is 15.5. The number of anilines is 1. The van der Waals surface area contributed by atoms with Crippen molar-refractivity contribution < 1.29 is 9.59 Å². The molecule has 1 N–H and O–H groups in total. The fraction of sp³-hybridized carbons (Fsp3) is 0.579. The Labute approximate surface area is 140 Å². The summed E-state index contributed by atoms with van der Waals surface area (Å²) in [5.74, 6) is 0.317. The fourth-order valence-electron chi connectivity index (χ4n) is 2.49. The van der Waals surface area contributed by atoms with Crippen LogP contribution in [0.3, 0.4) is 0 Å². The van der Waals surface area contributed by atoms with Crippen LogP contribution in [0.25, 0.3) is 0 Å². The van der Waals surface area contributed by atoms with Gasteiger partial charge in [-0.25, -0.2) is 0 Å². The van der Waals surface area contributed by atoms with Crippen molar-refractivity contribution in [2.45, 2.75) is 54.4 Å². The summed E-state index contributed by atoms with van der Waals surface area (Å²) >= 11 is 0. The van der Waals surface area contributed by atoms with Gasteiger partial charge in [0.1, 0.15) is 0 Å². The van der Waals surface area contributed by atoms with Crippen LogP contribution < -0.4 is 10.2 Å². The van der Waals surface area contributed by atoms with Crippen LogP contribution in [-0.4, -0.2) is 24.9 Å². The Morgan fingerprint density at radius 3 is 2.30 bits per heavy atom. The molecular formula is C19H30N2O2. The Morgan fingerprint density at radius 2 is 1.83 bits per heavy atom. The molecule has 0 unspecified atom stereocenters. The molecule has 1 rings (SSSR count). The Hall–Kier alpha value is -1.84. The smallest absolute Gasteiger partial charge is 0.225 e. The molecule has 1 aromatic rings. The number of aryl methyl sites for hydroxylation is 1. The first kappa shape index (κ1) is 19.2. The van der Waals surface area contributed by atoms with Gasteiger partial charge in [0.15, 0.2) is 0 Å². The zero-order chi connectivity index (χ0) is 17.8. The minimum absolute atomic E-state index is 0.00475. The van der Waals surface area contributed by atoms with Gasteiger partial charge in [-0.2, -0.15) is 0 Å². The van der Waals surface area contributed by atoms with Gasteiger partial charge in [-0.3, -0.25) is 9.59 Å². The largest absolute Gasteiger partial charge is 0.354 e. The van der Waals surface area contributed by atoms with E-state index in [-0.39, 0.29) is 11.8 Å². The summed E-state index contributed by atoms with van der Waals surface area (Å²) in [6.45, 7) is 14.4. The second kappa shape index (κ2) is 7.62. The molecule has 0 atom stereocenters. The molecule has 1 aromatic carbocycles. The molecule has 0 aromatic heterocycles. The Kier molecular flexibility index (Phi) is 6.37. The molecule has 0 saturated carbocycles. The van der Waals surface area contributed by atoms with Crippen LogP contribution in [0.5, 0.6) is 0 Å². The highest BCUT2D eigenvalue weighted by Crippen LogP contribution is 2.30. The van der Waals surface area contributed by atoms with Gasteiger partial charge in [0, 0.05) is 25.4 Å². The normalized spacial score (nSPS) is 11.5. The quantitative estimate of drug-likeness (QED) is 0.901. The van der Waals surface area contributed by atoms with Gasteiger partial charge in [-0.15, -0.1) is 0 Å². The molecule has 0 heterocycles. The first-order valence-corrected chi connectivity index (χ1v) is 8.21. The second-order valence-electron chi connectivity index (χ2n) is 7.34. The van der Waals surface area contributed by atoms with Crippen molar-refractivity contribution in [3.63, 3.8) is 0 Å². The third-order valence-electron chi connectivity index (χ3n) is 3.84. The van der Waals surface area contributed by atoms with E-state index in [1.807, 2.05) is 39.8 Å². The first-order valence-electron chi connectivity index (χ1n) is 8.21. The minimum atomic E-state index is -0.424. The number of carbonyl (C=O) groups excluding carboxylic acids is 2. The Morgan fingerprint density at radius 1 is 1.22 bits per heavy atom. The molecule has 0 radical (unpaired) electrons. The molecule has 0 saturated heterocycles. The van der Waals surface area contributed by atoms with Crippen molar-refractivity contribution in [3.8, 4) is 0 Å². The lowest BCUT2D eigenvalue weighted by molar-refractivity contribution is -0.128. The second-order valence-corrected chi connectivity index (χ2v) is 7.34. The van der Waals surface area contributed by atoms with E-state index in [1.54, 1.807) is 11.8 Å². The SMILES string of the molecule is CC(=O)N(CCNC(=O)C(C)(C)C)c1c(C)cccc1C(C)C. The number of benzene rings is 1. The van der Waals surface area contributed by atoms with E-state index >= 15 is 0 Å². The molecule has 4 nitrogen and oxygen atoms in total. The highest BCUT2D eigenvalue weighted by atomic mass is 16.2. The molecule has 23 heavy (non-hydrogen) atoms. The molecule has 4 heteroatoms. The molecule has 0 fully saturated rings. The van der Waals surface area contributed by atoms with E-state index in [0.717, 1.165) is 16.8 Å². The van der Waals surface area contributed by atoms with Gasteiger partial charge in [0.05, 0.1) is 5.69 Å². The third-order valence-corrected chi connectivity index (χ3v) is 3.84. The van der Waals surface area contributed by atoms with E-state index in [4.69, 9.17) is 0 Å². The number of nitrogens with one attached hydrogen (secondary N) is 1. The van der Waals surface area contributed by atoms with Crippen molar-refractivity contribution in [3.05, 3.63) is 29.3 Å². The number of hydrogen-bond donors (Lipinski definition) is 1. The summed E-state index contributed by atoms with van der Waals surface area (Å²) < 4.78 is 0. The van der Waals surface area contributed by atoms with Gasteiger partial charge in [-0.1, -0.05) is 52.8 Å². The average Bonchev–Trinajstić information content (AvgIpc) is 2.42. The lowest BCUT2D eigenvalue weighted by atomic mass is 9.95. The Balaban J connectivity index is 2.97. The van der Waals surface area contributed by atoms with Gasteiger partial charge in [0.2, 0.25) is 11.8 Å². The van der Waals surface area contributed by atoms with Gasteiger partial charge in [-0.05, 0) is 24.0 Å². The molecule has 2 amide bonds. The standard InChI is InChI=1S/C19H30N2O2/c1-13(2)16-10-8-9-14(3)17(16)21(15(4)22)12-11-20-18(23)19(5,6)7/h8-10,13H,11-12H2,1-7H3,(H,20,23). The van der Waals surface area contributed by atoms with E-state index < -0.39 is 5.41 Å². The highest BCUT2D eigenvalue weighted by Gasteiger charge is 2.22. The van der Waals surface area contributed by atoms with Crippen molar-refractivity contribution in [1.82, 2.24) is 5.32 Å². The van der Waals surface area contributed by atoms with Crippen LogP contribution in [0.2, 0.25) is 0 Å². The lowest BCUT2D eigenvalue weighted by Gasteiger charge is -2.28. The molecule has 0 spiro atoms. The number of para-hydroxylation sites is 1. The maximum atomic E-state index is 12.2. The Bertz CT molecular complexity index is 571. The number of hydrogen-bond acceptors (Lipinski definition) is 2. The van der Waals surface area contributed by atoms with Crippen LogP contribution in [0.15, 0.2) is 18.2 Å². The number of nitrogens with zero attached hydrogens (tertiary/aromatic N) is 1. The van der Waals surface area contributed by atoms with Crippen molar-refractivity contribution in [1.29, 1.82) is 0 Å². The summed E-state index contributed by atoms with van der Waals surface area (Å²) in [5.41, 5.74) is 2.78. The maximum absolute atomic E-state index is 12.2. The van der Waals surface area contributed by atoms with Crippen LogP contribution in [-0.2, 0) is 9.59 Å². The monoisotopic (exact) mass is 318 g/mol. The first-order chi connectivity index (χ1) is 10.6. The van der Waals surface area contributed by atoms with Crippen molar-refractivity contribution in [2.24, 2.45) is 5.41 Å². The summed E-state index contributed by atoms with van der Waals surface area (Å²) in [4.78, 5) is 25.9. The number of carbonyl (C=O) groups is 2. The van der Waals surface area contributed by atoms with E-state index in [9.17, 15) is 9.59 Å². The fourth-order valence-corrected chi connectivity index (χ4v) is 2.49. The van der Waals surface area contributed by atoms with E-state index in [2.05, 4.69) is 25.2 Å². The van der Waals surface area contributed by atoms with E-state index in [0.29, 0.717) is 19.0 Å². The molecular weight excluding hydrogens is 288 g/mol. The number of rotatable bonds is 5. The summed E-state index contributed by atoms with van der Waals surface area (Å²) in [6.07, 6.45) is 0. The zero-order valence-corrected chi connectivity index (χ0v) is 15.5. The van der Waals surface area contributed by atoms with Crippen LogP contribution in [0.1, 0.15) is 58.6 Å². The summed E-state index contributed by atoms with van der Waals surface area (Å²) in [5, 5.41) is 2.91. The lowest BCUT2D eigenvalue weighted by Crippen LogP contribution is -2.42. The van der Waals surface area contributed by atoms with Gasteiger partial charge < -0.3 is 10.2 Å². The predicted molar refractivity (Wildman–Crippen MR) is 95.8 cm³/mol.